The summed E-state index contributed by atoms with van der Waals surface area (Å²) in [4.78, 5) is 16.5. The fourth-order valence-corrected chi connectivity index (χ4v) is 3.27. The van der Waals surface area contributed by atoms with Gasteiger partial charge in [0.25, 0.3) is 0 Å². The van der Waals surface area contributed by atoms with Gasteiger partial charge in [-0.05, 0) is 32.1 Å². The quantitative estimate of drug-likeness (QED) is 0.802. The zero-order valence-electron chi connectivity index (χ0n) is 14.2. The van der Waals surface area contributed by atoms with Crippen LogP contribution in [-0.4, -0.2) is 36.4 Å². The van der Waals surface area contributed by atoms with Crippen molar-refractivity contribution in [2.45, 2.75) is 51.3 Å². The van der Waals surface area contributed by atoms with E-state index in [0.717, 1.165) is 37.2 Å². The van der Waals surface area contributed by atoms with Crippen LogP contribution in [-0.2, 0) is 18.4 Å². The minimum Gasteiger partial charge on any atom is -0.393 e. The molecule has 2 aromatic rings. The molecule has 1 fully saturated rings. The van der Waals surface area contributed by atoms with E-state index in [1.54, 1.807) is 17.1 Å². The van der Waals surface area contributed by atoms with Gasteiger partial charge in [-0.1, -0.05) is 0 Å². The number of aliphatic hydroxyl groups excluding tert-OH is 1. The Balaban J connectivity index is 1.54. The number of hydrogen-bond donors (Lipinski definition) is 2. The number of rotatable bonds is 7. The molecule has 2 heterocycles. The zero-order chi connectivity index (χ0) is 17.1. The van der Waals surface area contributed by atoms with Crippen molar-refractivity contribution in [2.75, 3.05) is 0 Å². The normalized spacial score (nSPS) is 21.3. The maximum absolute atomic E-state index is 12.3. The molecular formula is C17H25N5O2. The smallest absolute Gasteiger partial charge is 0.220 e. The van der Waals surface area contributed by atoms with Crippen LogP contribution in [0.1, 0.15) is 43.1 Å². The Labute approximate surface area is 141 Å². The Bertz CT molecular complexity index is 687. The highest BCUT2D eigenvalue weighted by Crippen LogP contribution is 2.38. The third-order valence-electron chi connectivity index (χ3n) is 4.75. The van der Waals surface area contributed by atoms with Crippen molar-refractivity contribution in [3.05, 3.63) is 36.2 Å². The number of carbonyl (C=O) groups excluding carboxylic acids is 1. The van der Waals surface area contributed by atoms with Crippen LogP contribution in [0.3, 0.4) is 0 Å². The highest BCUT2D eigenvalue weighted by Gasteiger charge is 2.36. The molecule has 2 aromatic heterocycles. The minimum atomic E-state index is -0.240. The number of carbonyl (C=O) groups is 1. The average molecular weight is 331 g/mol. The second kappa shape index (κ2) is 7.17. The molecule has 0 aliphatic heterocycles. The molecule has 0 unspecified atom stereocenters. The lowest BCUT2D eigenvalue weighted by Crippen LogP contribution is -2.41. The number of nitrogens with zero attached hydrogens (tertiary/aromatic N) is 4. The van der Waals surface area contributed by atoms with Gasteiger partial charge in [0.15, 0.2) is 0 Å². The molecular weight excluding hydrogens is 306 g/mol. The van der Waals surface area contributed by atoms with Gasteiger partial charge in [0.05, 0.1) is 18.3 Å². The van der Waals surface area contributed by atoms with Crippen molar-refractivity contribution < 1.29 is 9.90 Å². The summed E-state index contributed by atoms with van der Waals surface area (Å²) in [7, 11) is 1.87. The van der Waals surface area contributed by atoms with Crippen LogP contribution in [0, 0.1) is 12.8 Å². The molecule has 0 saturated heterocycles. The summed E-state index contributed by atoms with van der Waals surface area (Å²) in [5.41, 5.74) is 1.01. The lowest BCUT2D eigenvalue weighted by atomic mass is 9.75. The van der Waals surface area contributed by atoms with E-state index in [2.05, 4.69) is 15.4 Å². The molecule has 7 heteroatoms. The lowest BCUT2D eigenvalue weighted by molar-refractivity contribution is -0.123. The zero-order valence-corrected chi connectivity index (χ0v) is 14.2. The van der Waals surface area contributed by atoms with Gasteiger partial charge in [-0.3, -0.25) is 9.48 Å². The Kier molecular flexibility index (Phi) is 4.99. The Morgan fingerprint density at radius 3 is 2.88 bits per heavy atom. The molecule has 3 rings (SSSR count). The van der Waals surface area contributed by atoms with Crippen molar-refractivity contribution in [2.24, 2.45) is 13.0 Å². The predicted octanol–water partition coefficient (Wildman–Crippen LogP) is 1.33. The summed E-state index contributed by atoms with van der Waals surface area (Å²) >= 11 is 0. The van der Waals surface area contributed by atoms with Gasteiger partial charge >= 0.3 is 0 Å². The van der Waals surface area contributed by atoms with E-state index in [-0.39, 0.29) is 24.0 Å². The molecule has 0 aromatic carbocycles. The van der Waals surface area contributed by atoms with Crippen molar-refractivity contribution >= 4 is 5.91 Å². The van der Waals surface area contributed by atoms with Crippen molar-refractivity contribution in [3.8, 4) is 0 Å². The molecule has 1 atom stereocenters. The van der Waals surface area contributed by atoms with Crippen molar-refractivity contribution in [1.29, 1.82) is 0 Å². The SMILES string of the molecule is Cc1nccn1CCCC(=O)N[C@H](c1cnn(C)c1)C1CC(O)C1. The number of hydrogen-bond acceptors (Lipinski definition) is 4. The number of imidazole rings is 1. The van der Waals surface area contributed by atoms with E-state index in [1.165, 1.54) is 0 Å². The Morgan fingerprint density at radius 2 is 2.29 bits per heavy atom. The van der Waals surface area contributed by atoms with Crippen LogP contribution in [0.4, 0.5) is 0 Å². The standard InChI is InChI=1S/C17H25N5O2/c1-12-18-5-7-22(12)6-3-4-16(24)20-17(13-8-15(23)9-13)14-10-19-21(2)11-14/h5,7,10-11,13,15,17,23H,3-4,6,8-9H2,1-2H3,(H,20,24)/t13?,15?,17-/m0/s1. The fourth-order valence-electron chi connectivity index (χ4n) is 3.27. The van der Waals surface area contributed by atoms with Crippen LogP contribution >= 0.6 is 0 Å². The number of aromatic nitrogens is 4. The lowest BCUT2D eigenvalue weighted by Gasteiger charge is -2.37. The molecule has 1 amide bonds. The molecule has 7 nitrogen and oxygen atoms in total. The van der Waals surface area contributed by atoms with Gasteiger partial charge in [-0.15, -0.1) is 0 Å². The van der Waals surface area contributed by atoms with E-state index in [4.69, 9.17) is 0 Å². The predicted molar refractivity (Wildman–Crippen MR) is 89.0 cm³/mol. The largest absolute Gasteiger partial charge is 0.393 e. The number of aryl methyl sites for hydroxylation is 3. The van der Waals surface area contributed by atoms with Gasteiger partial charge in [-0.2, -0.15) is 5.10 Å². The van der Waals surface area contributed by atoms with Crippen LogP contribution in [0.15, 0.2) is 24.8 Å². The maximum atomic E-state index is 12.3. The summed E-state index contributed by atoms with van der Waals surface area (Å²) in [6, 6.07) is -0.0652. The number of amides is 1. The van der Waals surface area contributed by atoms with Crippen LogP contribution < -0.4 is 5.32 Å². The van der Waals surface area contributed by atoms with Gasteiger partial charge in [0.1, 0.15) is 5.82 Å². The van der Waals surface area contributed by atoms with Crippen LogP contribution in [0.2, 0.25) is 0 Å². The van der Waals surface area contributed by atoms with Gasteiger partial charge in [-0.25, -0.2) is 4.98 Å². The second-order valence-electron chi connectivity index (χ2n) is 6.65. The molecule has 0 bridgehead atoms. The first-order valence-electron chi connectivity index (χ1n) is 8.46. The molecule has 0 radical (unpaired) electrons. The van der Waals surface area contributed by atoms with Gasteiger partial charge in [0, 0.05) is 44.2 Å². The summed E-state index contributed by atoms with van der Waals surface area (Å²) < 4.78 is 3.79. The van der Waals surface area contributed by atoms with Crippen molar-refractivity contribution in [3.63, 3.8) is 0 Å². The number of aliphatic hydroxyl groups is 1. The molecule has 1 aliphatic carbocycles. The third kappa shape index (κ3) is 3.84. The highest BCUT2D eigenvalue weighted by molar-refractivity contribution is 5.76. The van der Waals surface area contributed by atoms with E-state index < -0.39 is 0 Å². The van der Waals surface area contributed by atoms with Gasteiger partial charge in [0.2, 0.25) is 5.91 Å². The molecule has 1 aliphatic rings. The first kappa shape index (κ1) is 16.7. The topological polar surface area (TPSA) is 85.0 Å². The molecule has 130 valence electrons. The molecule has 2 N–H and O–H groups in total. The average Bonchev–Trinajstić information content (AvgIpc) is 3.11. The van der Waals surface area contributed by atoms with E-state index >= 15 is 0 Å². The number of nitrogens with one attached hydrogen (secondary N) is 1. The summed E-state index contributed by atoms with van der Waals surface area (Å²) in [5, 5.41) is 16.9. The summed E-state index contributed by atoms with van der Waals surface area (Å²) in [5.74, 6) is 1.29. The first-order chi connectivity index (χ1) is 11.5. The Morgan fingerprint density at radius 1 is 1.50 bits per heavy atom. The minimum absolute atomic E-state index is 0.0445. The highest BCUT2D eigenvalue weighted by atomic mass is 16.3. The maximum Gasteiger partial charge on any atom is 0.220 e. The van der Waals surface area contributed by atoms with E-state index in [1.807, 2.05) is 30.9 Å². The van der Waals surface area contributed by atoms with E-state index in [0.29, 0.717) is 6.42 Å². The summed E-state index contributed by atoms with van der Waals surface area (Å²) in [6.07, 6.45) is 9.91. The Hall–Kier alpha value is -2.15. The molecule has 0 spiro atoms. The fraction of sp³-hybridized carbons (Fsp3) is 0.588. The van der Waals surface area contributed by atoms with Gasteiger partial charge < -0.3 is 15.0 Å². The molecule has 1 saturated carbocycles. The molecule has 24 heavy (non-hydrogen) atoms. The monoisotopic (exact) mass is 331 g/mol. The van der Waals surface area contributed by atoms with Crippen LogP contribution in [0.5, 0.6) is 0 Å². The van der Waals surface area contributed by atoms with Crippen molar-refractivity contribution in [1.82, 2.24) is 24.6 Å². The first-order valence-corrected chi connectivity index (χ1v) is 8.46. The summed E-state index contributed by atoms with van der Waals surface area (Å²) in [6.45, 7) is 2.75. The van der Waals surface area contributed by atoms with Crippen LogP contribution in [0.25, 0.3) is 0 Å². The van der Waals surface area contributed by atoms with E-state index in [9.17, 15) is 9.90 Å². The second-order valence-corrected chi connectivity index (χ2v) is 6.65. The third-order valence-corrected chi connectivity index (χ3v) is 4.75.